The van der Waals surface area contributed by atoms with E-state index in [4.69, 9.17) is 16.3 Å². The maximum Gasteiger partial charge on any atom is 0.240 e. The number of nitrogens with one attached hydrogen (secondary N) is 1. The van der Waals surface area contributed by atoms with Crippen LogP contribution in [-0.2, 0) is 23.0 Å². The molecular weight excluding hydrogens is 445 g/mol. The maximum absolute atomic E-state index is 13.2. The summed E-state index contributed by atoms with van der Waals surface area (Å²) < 4.78 is 45.3. The Bertz CT molecular complexity index is 1190. The van der Waals surface area contributed by atoms with Gasteiger partial charge < -0.3 is 4.74 Å². The summed E-state index contributed by atoms with van der Waals surface area (Å²) in [6.07, 6.45) is 3.84. The molecule has 1 N–H and O–H groups in total. The van der Waals surface area contributed by atoms with Gasteiger partial charge in [0.05, 0.1) is 29.3 Å². The molecule has 0 bridgehead atoms. The van der Waals surface area contributed by atoms with E-state index in [0.717, 1.165) is 23.8 Å². The zero-order valence-electron chi connectivity index (χ0n) is 16.5. The SMILES string of the molecule is COc1cc(CCC(=O)c2ccc(CNS(=O)(=O)c3ccc(F)c(Cl)c3)nc2)ccn1. The first-order valence-corrected chi connectivity index (χ1v) is 11.1. The monoisotopic (exact) mass is 463 g/mol. The quantitative estimate of drug-likeness (QED) is 0.487. The van der Waals surface area contributed by atoms with Crippen LogP contribution in [0.3, 0.4) is 0 Å². The molecule has 7 nitrogen and oxygen atoms in total. The molecule has 0 saturated carbocycles. The number of aromatic nitrogens is 2. The van der Waals surface area contributed by atoms with Gasteiger partial charge in [-0.2, -0.15) is 0 Å². The molecule has 162 valence electrons. The van der Waals surface area contributed by atoms with Crippen molar-refractivity contribution in [1.29, 1.82) is 0 Å². The number of carbonyl (C=O) groups is 1. The predicted molar refractivity (Wildman–Crippen MR) is 113 cm³/mol. The standard InChI is InChI=1S/C21H19ClFN3O4S/c1-30-21-10-14(8-9-24-21)2-7-20(27)15-3-4-16(25-12-15)13-26-31(28,29)17-5-6-19(23)18(22)11-17/h3-6,8-12,26H,2,7,13H2,1H3. The highest BCUT2D eigenvalue weighted by molar-refractivity contribution is 7.89. The topological polar surface area (TPSA) is 98.2 Å². The second kappa shape index (κ2) is 9.95. The fourth-order valence-corrected chi connectivity index (χ4v) is 3.98. The van der Waals surface area contributed by atoms with Crippen molar-refractivity contribution in [3.63, 3.8) is 0 Å². The summed E-state index contributed by atoms with van der Waals surface area (Å²) in [4.78, 5) is 20.4. The molecule has 0 saturated heterocycles. The lowest BCUT2D eigenvalue weighted by Crippen LogP contribution is -2.23. The van der Waals surface area contributed by atoms with Crippen molar-refractivity contribution in [1.82, 2.24) is 14.7 Å². The highest BCUT2D eigenvalue weighted by Crippen LogP contribution is 2.19. The third-order valence-corrected chi connectivity index (χ3v) is 6.13. The third kappa shape index (κ3) is 6.06. The van der Waals surface area contributed by atoms with Crippen molar-refractivity contribution in [2.75, 3.05) is 7.11 Å². The van der Waals surface area contributed by atoms with Crippen molar-refractivity contribution < 1.29 is 22.3 Å². The van der Waals surface area contributed by atoms with E-state index in [1.165, 1.54) is 13.3 Å². The number of aryl methyl sites for hydroxylation is 1. The molecule has 31 heavy (non-hydrogen) atoms. The normalized spacial score (nSPS) is 11.3. The lowest BCUT2D eigenvalue weighted by Gasteiger charge is -2.08. The molecule has 2 aromatic heterocycles. The number of pyridine rings is 2. The van der Waals surface area contributed by atoms with E-state index < -0.39 is 15.8 Å². The number of methoxy groups -OCH3 is 1. The van der Waals surface area contributed by atoms with E-state index in [1.807, 2.05) is 6.07 Å². The minimum absolute atomic E-state index is 0.0867. The minimum atomic E-state index is -3.89. The molecular formula is C21H19ClFN3O4S. The third-order valence-electron chi connectivity index (χ3n) is 4.44. The number of hydrogen-bond acceptors (Lipinski definition) is 6. The molecule has 0 aliphatic heterocycles. The van der Waals surface area contributed by atoms with E-state index >= 15 is 0 Å². The molecule has 10 heteroatoms. The lowest BCUT2D eigenvalue weighted by molar-refractivity contribution is 0.0982. The first-order chi connectivity index (χ1) is 14.8. The predicted octanol–water partition coefficient (Wildman–Crippen LogP) is 3.57. The summed E-state index contributed by atoms with van der Waals surface area (Å²) in [7, 11) is -2.37. The number of halogens is 2. The van der Waals surface area contributed by atoms with E-state index in [1.54, 1.807) is 24.4 Å². The van der Waals surface area contributed by atoms with Crippen LogP contribution in [0.5, 0.6) is 5.88 Å². The Hall–Kier alpha value is -2.88. The average Bonchev–Trinajstić information content (AvgIpc) is 2.78. The van der Waals surface area contributed by atoms with Crippen molar-refractivity contribution in [2.45, 2.75) is 24.3 Å². The Morgan fingerprint density at radius 3 is 2.65 bits per heavy atom. The van der Waals surface area contributed by atoms with Crippen LogP contribution in [0.2, 0.25) is 5.02 Å². The van der Waals surface area contributed by atoms with Crippen LogP contribution >= 0.6 is 11.6 Å². The molecule has 0 atom stereocenters. The number of rotatable bonds is 9. The zero-order chi connectivity index (χ0) is 22.4. The Morgan fingerprint density at radius 2 is 1.97 bits per heavy atom. The summed E-state index contributed by atoms with van der Waals surface area (Å²) in [5.74, 6) is -0.302. The summed E-state index contributed by atoms with van der Waals surface area (Å²) in [5.41, 5.74) is 1.78. The average molecular weight is 464 g/mol. The number of hydrogen-bond donors (Lipinski definition) is 1. The summed E-state index contributed by atoms with van der Waals surface area (Å²) in [6, 6.07) is 9.90. The van der Waals surface area contributed by atoms with Crippen molar-refractivity contribution in [3.05, 3.63) is 82.5 Å². The van der Waals surface area contributed by atoms with Gasteiger partial charge in [0.2, 0.25) is 15.9 Å². The van der Waals surface area contributed by atoms with Gasteiger partial charge in [0.1, 0.15) is 5.82 Å². The van der Waals surface area contributed by atoms with Gasteiger partial charge in [-0.25, -0.2) is 22.5 Å². The summed E-state index contributed by atoms with van der Waals surface area (Å²) in [5, 5.41) is -0.283. The number of Topliss-reactive ketones (excluding diaryl/α,β-unsaturated/α-hetero) is 1. The molecule has 0 fully saturated rings. The van der Waals surface area contributed by atoms with Gasteiger partial charge in [-0.15, -0.1) is 0 Å². The summed E-state index contributed by atoms with van der Waals surface area (Å²) in [6.45, 7) is -0.0946. The highest BCUT2D eigenvalue weighted by Gasteiger charge is 2.16. The fraction of sp³-hybridized carbons (Fsp3) is 0.190. The molecule has 3 rings (SSSR count). The molecule has 0 aliphatic rings. The van der Waals surface area contributed by atoms with E-state index in [9.17, 15) is 17.6 Å². The van der Waals surface area contributed by atoms with Gasteiger partial charge in [0.15, 0.2) is 5.78 Å². The molecule has 3 aromatic rings. The van der Waals surface area contributed by atoms with Crippen LogP contribution in [0, 0.1) is 5.82 Å². The van der Waals surface area contributed by atoms with Crippen LogP contribution in [0.15, 0.2) is 59.8 Å². The number of nitrogens with zero attached hydrogens (tertiary/aromatic N) is 2. The second-order valence-corrected chi connectivity index (χ2v) is 8.74. The van der Waals surface area contributed by atoms with Gasteiger partial charge in [-0.1, -0.05) is 11.6 Å². The van der Waals surface area contributed by atoms with Crippen LogP contribution in [0.4, 0.5) is 4.39 Å². The number of benzene rings is 1. The molecule has 0 spiro atoms. The zero-order valence-corrected chi connectivity index (χ0v) is 18.1. The van der Waals surface area contributed by atoms with Gasteiger partial charge in [-0.3, -0.25) is 9.78 Å². The van der Waals surface area contributed by atoms with Crippen molar-refractivity contribution in [3.8, 4) is 5.88 Å². The maximum atomic E-state index is 13.2. The lowest BCUT2D eigenvalue weighted by atomic mass is 10.0. The van der Waals surface area contributed by atoms with Crippen molar-refractivity contribution >= 4 is 27.4 Å². The Kier molecular flexibility index (Phi) is 7.32. The summed E-state index contributed by atoms with van der Waals surface area (Å²) >= 11 is 5.64. The first-order valence-electron chi connectivity index (χ1n) is 9.20. The van der Waals surface area contributed by atoms with E-state index in [-0.39, 0.29) is 28.7 Å². The second-order valence-electron chi connectivity index (χ2n) is 6.57. The molecule has 2 heterocycles. The van der Waals surface area contributed by atoms with E-state index in [2.05, 4.69) is 14.7 Å². The smallest absolute Gasteiger partial charge is 0.240 e. The van der Waals surface area contributed by atoms with Gasteiger partial charge >= 0.3 is 0 Å². The van der Waals surface area contributed by atoms with E-state index in [0.29, 0.717) is 23.6 Å². The molecule has 0 aliphatic carbocycles. The van der Waals surface area contributed by atoms with Crippen LogP contribution < -0.4 is 9.46 Å². The fourth-order valence-electron chi connectivity index (χ4n) is 2.71. The first kappa shape index (κ1) is 22.8. The largest absolute Gasteiger partial charge is 0.481 e. The number of ketones is 1. The van der Waals surface area contributed by atoms with Crippen molar-refractivity contribution in [2.24, 2.45) is 0 Å². The van der Waals surface area contributed by atoms with Crippen LogP contribution in [-0.4, -0.2) is 31.3 Å². The van der Waals surface area contributed by atoms with Gasteiger partial charge in [-0.05, 0) is 48.4 Å². The molecule has 1 aromatic carbocycles. The number of carbonyl (C=O) groups excluding carboxylic acids is 1. The Balaban J connectivity index is 1.58. The molecule has 0 radical (unpaired) electrons. The Labute approximate surface area is 184 Å². The minimum Gasteiger partial charge on any atom is -0.481 e. The van der Waals surface area contributed by atoms with Crippen LogP contribution in [0.1, 0.15) is 28.0 Å². The van der Waals surface area contributed by atoms with Crippen LogP contribution in [0.25, 0.3) is 0 Å². The van der Waals surface area contributed by atoms with Gasteiger partial charge in [0.25, 0.3) is 0 Å². The highest BCUT2D eigenvalue weighted by atomic mass is 35.5. The number of sulfonamides is 1. The van der Waals surface area contributed by atoms with Gasteiger partial charge in [0, 0.05) is 30.4 Å². The molecule has 0 unspecified atom stereocenters. The molecule has 0 amide bonds. The number of ether oxygens (including phenoxy) is 1. The Morgan fingerprint density at radius 1 is 1.16 bits per heavy atom.